The van der Waals surface area contributed by atoms with E-state index in [9.17, 15) is 4.39 Å². The average molecular weight is 463 g/mol. The minimum Gasteiger partial charge on any atom is -0.376 e. The summed E-state index contributed by atoms with van der Waals surface area (Å²) in [7, 11) is 3.97. The first-order valence-electron chi connectivity index (χ1n) is 11.3. The van der Waals surface area contributed by atoms with Crippen LogP contribution in [0.15, 0.2) is 73.2 Å². The van der Waals surface area contributed by atoms with Gasteiger partial charge in [0.15, 0.2) is 0 Å². The van der Waals surface area contributed by atoms with Crippen LogP contribution in [-0.4, -0.2) is 39.2 Å². The van der Waals surface area contributed by atoms with Gasteiger partial charge in [0.05, 0.1) is 35.0 Å². The average Bonchev–Trinajstić information content (AvgIpc) is 3.47. The van der Waals surface area contributed by atoms with Gasteiger partial charge in [0, 0.05) is 42.1 Å². The molecule has 172 valence electrons. The van der Waals surface area contributed by atoms with Crippen molar-refractivity contribution in [3.05, 3.63) is 84.6 Å². The topological polar surface area (TPSA) is 73.5 Å². The second-order valence-corrected chi connectivity index (χ2v) is 8.98. The summed E-state index contributed by atoms with van der Waals surface area (Å²) < 4.78 is 14.1. The first-order valence-corrected chi connectivity index (χ1v) is 11.3. The third-order valence-corrected chi connectivity index (χ3v) is 6.26. The Bertz CT molecular complexity index is 1690. The normalized spacial score (nSPS) is 11.4. The number of benzene rings is 2. The molecule has 2 N–H and O–H groups in total. The predicted octanol–water partition coefficient (Wildman–Crippen LogP) is 6.35. The Hall–Kier alpha value is -4.52. The zero-order valence-corrected chi connectivity index (χ0v) is 19.6. The van der Waals surface area contributed by atoms with E-state index in [1.807, 2.05) is 68.6 Å². The number of rotatable bonds is 4. The minimum absolute atomic E-state index is 0.237. The zero-order chi connectivity index (χ0) is 24.1. The van der Waals surface area contributed by atoms with E-state index >= 15 is 0 Å². The van der Waals surface area contributed by atoms with Crippen LogP contribution in [0.2, 0.25) is 0 Å². The van der Waals surface area contributed by atoms with E-state index in [0.29, 0.717) is 0 Å². The van der Waals surface area contributed by atoms with Crippen LogP contribution in [0.25, 0.3) is 55.6 Å². The number of aryl methyl sites for hydroxylation is 1. The van der Waals surface area contributed by atoms with Gasteiger partial charge in [-0.2, -0.15) is 5.10 Å². The van der Waals surface area contributed by atoms with Crippen LogP contribution in [-0.2, 0) is 0 Å². The van der Waals surface area contributed by atoms with Crippen molar-refractivity contribution in [3.63, 3.8) is 0 Å². The highest BCUT2D eigenvalue weighted by Crippen LogP contribution is 2.35. The van der Waals surface area contributed by atoms with Crippen LogP contribution in [0.3, 0.4) is 0 Å². The van der Waals surface area contributed by atoms with E-state index < -0.39 is 0 Å². The molecule has 4 aromatic heterocycles. The SMILES string of the molecule is Cc1cc(F)cc(-c2cccc3[nH]c(-c4n[nH]c5cnc(-c6cncc(N(C)C)c6)cc45)cc23)c1. The van der Waals surface area contributed by atoms with E-state index in [1.165, 1.54) is 6.07 Å². The zero-order valence-electron chi connectivity index (χ0n) is 19.6. The van der Waals surface area contributed by atoms with E-state index in [2.05, 4.69) is 37.3 Å². The third kappa shape index (κ3) is 3.71. The van der Waals surface area contributed by atoms with Gasteiger partial charge in [-0.15, -0.1) is 0 Å². The Morgan fingerprint density at radius 3 is 2.57 bits per heavy atom. The molecule has 0 fully saturated rings. The maximum absolute atomic E-state index is 14.1. The fraction of sp³-hybridized carbons (Fsp3) is 0.107. The Balaban J connectivity index is 1.48. The van der Waals surface area contributed by atoms with Crippen molar-refractivity contribution in [2.24, 2.45) is 0 Å². The first-order chi connectivity index (χ1) is 17.0. The van der Waals surface area contributed by atoms with Crippen LogP contribution in [0.4, 0.5) is 10.1 Å². The van der Waals surface area contributed by atoms with Gasteiger partial charge in [-0.05, 0) is 60.0 Å². The highest BCUT2D eigenvalue weighted by atomic mass is 19.1. The molecule has 2 aromatic carbocycles. The van der Waals surface area contributed by atoms with Crippen molar-refractivity contribution in [1.82, 2.24) is 25.1 Å². The molecule has 0 spiro atoms. The second-order valence-electron chi connectivity index (χ2n) is 8.98. The molecule has 6 aromatic rings. The molecule has 6 nitrogen and oxygen atoms in total. The highest BCUT2D eigenvalue weighted by Gasteiger charge is 2.15. The molecule has 4 heterocycles. The molecule has 0 bridgehead atoms. The number of nitrogens with one attached hydrogen (secondary N) is 2. The van der Waals surface area contributed by atoms with Gasteiger partial charge < -0.3 is 9.88 Å². The van der Waals surface area contributed by atoms with Crippen LogP contribution in [0.1, 0.15) is 5.56 Å². The number of aromatic nitrogens is 5. The summed E-state index contributed by atoms with van der Waals surface area (Å²) >= 11 is 0. The molecule has 7 heteroatoms. The van der Waals surface area contributed by atoms with Gasteiger partial charge in [-0.3, -0.25) is 15.1 Å². The number of aromatic amines is 2. The largest absolute Gasteiger partial charge is 0.376 e. The van der Waals surface area contributed by atoms with Crippen molar-refractivity contribution in [2.45, 2.75) is 6.92 Å². The van der Waals surface area contributed by atoms with Gasteiger partial charge in [-0.25, -0.2) is 4.39 Å². The minimum atomic E-state index is -0.237. The van der Waals surface area contributed by atoms with Crippen molar-refractivity contribution in [3.8, 4) is 33.8 Å². The van der Waals surface area contributed by atoms with Crippen molar-refractivity contribution in [1.29, 1.82) is 0 Å². The van der Waals surface area contributed by atoms with Crippen LogP contribution in [0, 0.1) is 12.7 Å². The van der Waals surface area contributed by atoms with Gasteiger partial charge in [0.1, 0.15) is 11.5 Å². The van der Waals surface area contributed by atoms with Crippen molar-refractivity contribution < 1.29 is 4.39 Å². The molecule has 0 saturated heterocycles. The molecule has 0 radical (unpaired) electrons. The van der Waals surface area contributed by atoms with E-state index in [-0.39, 0.29) is 5.82 Å². The number of nitrogens with zero attached hydrogens (tertiary/aromatic N) is 4. The molecular formula is C28H23FN6. The summed E-state index contributed by atoms with van der Waals surface area (Å²) in [6, 6.07) is 17.3. The van der Waals surface area contributed by atoms with Gasteiger partial charge in [0.25, 0.3) is 0 Å². The van der Waals surface area contributed by atoms with Crippen molar-refractivity contribution >= 4 is 27.5 Å². The van der Waals surface area contributed by atoms with Crippen LogP contribution >= 0.6 is 0 Å². The smallest absolute Gasteiger partial charge is 0.124 e. The molecule has 0 aliphatic heterocycles. The number of pyridine rings is 2. The molecule has 0 atom stereocenters. The highest BCUT2D eigenvalue weighted by molar-refractivity contribution is 6.01. The fourth-order valence-corrected chi connectivity index (χ4v) is 4.52. The summed E-state index contributed by atoms with van der Waals surface area (Å²) in [6.45, 7) is 1.90. The molecule has 0 saturated carbocycles. The van der Waals surface area contributed by atoms with Crippen LogP contribution in [0.5, 0.6) is 0 Å². The summed E-state index contributed by atoms with van der Waals surface area (Å²) in [6.07, 6.45) is 5.44. The lowest BCUT2D eigenvalue weighted by molar-refractivity contribution is 0.627. The number of fused-ring (bicyclic) bond motifs is 2. The molecule has 0 unspecified atom stereocenters. The summed E-state index contributed by atoms with van der Waals surface area (Å²) in [5.41, 5.74) is 8.97. The maximum atomic E-state index is 14.1. The first kappa shape index (κ1) is 21.0. The third-order valence-electron chi connectivity index (χ3n) is 6.26. The molecule has 0 aliphatic rings. The number of H-pyrrole nitrogens is 2. The standard InChI is InChI=1S/C28H23FN6/c1-16-7-17(9-19(29)8-16)21-5-4-6-24-22(21)11-26(32-24)28-23-12-25(31-15-27(23)33-34-28)18-10-20(35(2)3)14-30-13-18/h4-15,32H,1-3H3,(H,33,34). The number of halogens is 1. The van der Waals surface area contributed by atoms with E-state index in [1.54, 1.807) is 12.3 Å². The fourth-order valence-electron chi connectivity index (χ4n) is 4.52. The number of anilines is 1. The molecule has 0 aliphatic carbocycles. The molecule has 0 amide bonds. The Kier molecular flexibility index (Phi) is 4.84. The Labute approximate surface area is 201 Å². The lowest BCUT2D eigenvalue weighted by atomic mass is 9.99. The summed E-state index contributed by atoms with van der Waals surface area (Å²) in [5.74, 6) is -0.237. The Morgan fingerprint density at radius 2 is 1.74 bits per heavy atom. The Morgan fingerprint density at radius 1 is 0.857 bits per heavy atom. The maximum Gasteiger partial charge on any atom is 0.124 e. The van der Waals surface area contributed by atoms with Crippen molar-refractivity contribution in [2.75, 3.05) is 19.0 Å². The number of hydrogen-bond donors (Lipinski definition) is 2. The monoisotopic (exact) mass is 462 g/mol. The molecule has 35 heavy (non-hydrogen) atoms. The summed E-state index contributed by atoms with van der Waals surface area (Å²) in [4.78, 5) is 14.5. The lowest BCUT2D eigenvalue weighted by Crippen LogP contribution is -2.08. The molecule has 6 rings (SSSR count). The lowest BCUT2D eigenvalue weighted by Gasteiger charge is -2.12. The van der Waals surface area contributed by atoms with Gasteiger partial charge in [0.2, 0.25) is 0 Å². The van der Waals surface area contributed by atoms with E-state index in [0.717, 1.165) is 66.8 Å². The predicted molar refractivity (Wildman–Crippen MR) is 139 cm³/mol. The van der Waals surface area contributed by atoms with Gasteiger partial charge >= 0.3 is 0 Å². The summed E-state index contributed by atoms with van der Waals surface area (Å²) in [5, 5.41) is 9.66. The second kappa shape index (κ2) is 8.06. The van der Waals surface area contributed by atoms with E-state index in [4.69, 9.17) is 0 Å². The quantitative estimate of drug-likeness (QED) is 0.320. The number of hydrogen-bond acceptors (Lipinski definition) is 4. The van der Waals surface area contributed by atoms with Crippen LogP contribution < -0.4 is 4.90 Å². The van der Waals surface area contributed by atoms with Gasteiger partial charge in [-0.1, -0.05) is 18.2 Å². The molecular weight excluding hydrogens is 439 g/mol.